The molecular formula is C70H133NO5. The maximum absolute atomic E-state index is 12.5. The lowest BCUT2D eigenvalue weighted by atomic mass is 10.0. The molecule has 0 bridgehead atoms. The molecule has 0 fully saturated rings. The molecule has 0 aliphatic carbocycles. The number of carbonyl (C=O) groups excluding carboxylic acids is 2. The summed E-state index contributed by atoms with van der Waals surface area (Å²) in [6, 6.07) is -0.635. The summed E-state index contributed by atoms with van der Waals surface area (Å²) >= 11 is 0. The van der Waals surface area contributed by atoms with Gasteiger partial charge in [0.2, 0.25) is 5.91 Å². The predicted octanol–water partition coefficient (Wildman–Crippen LogP) is 21.9. The first kappa shape index (κ1) is 74.1. The van der Waals surface area contributed by atoms with E-state index >= 15 is 0 Å². The molecule has 76 heavy (non-hydrogen) atoms. The highest BCUT2D eigenvalue weighted by Crippen LogP contribution is 2.18. The Morgan fingerprint density at radius 1 is 0.355 bits per heavy atom. The molecule has 0 aromatic rings. The van der Waals surface area contributed by atoms with Crippen molar-refractivity contribution in [2.45, 2.75) is 386 Å². The molecule has 0 aromatic carbocycles. The number of unbranched alkanes of at least 4 members (excludes halogenated alkanes) is 49. The van der Waals surface area contributed by atoms with Crippen LogP contribution in [0.3, 0.4) is 0 Å². The van der Waals surface area contributed by atoms with Crippen molar-refractivity contribution in [3.63, 3.8) is 0 Å². The van der Waals surface area contributed by atoms with Gasteiger partial charge in [0.15, 0.2) is 0 Å². The topological polar surface area (TPSA) is 95.9 Å². The van der Waals surface area contributed by atoms with Gasteiger partial charge in [-0.05, 0) is 83.5 Å². The van der Waals surface area contributed by atoms with E-state index in [1.807, 2.05) is 6.08 Å². The standard InChI is InChI=1S/C70H133NO5/c1-3-5-7-9-11-13-15-17-18-19-20-21-22-23-26-29-32-35-39-42-46-50-54-58-62-68(73)67(66-72)71-69(74)63-59-55-51-47-43-40-36-33-30-27-24-25-28-31-34-37-41-45-49-53-57-61-65-76-70(75)64-60-56-52-48-44-38-16-14-12-10-8-6-4-2/h14,16,27,30,58,62,67-68,72-73H,3-13,15,17-26,28-29,31-57,59-61,63-66H2,1-2H3,(H,71,74)/b16-14-,30-27-,62-58+. The van der Waals surface area contributed by atoms with E-state index < -0.39 is 12.1 Å². The minimum absolute atomic E-state index is 0.000530. The fourth-order valence-corrected chi connectivity index (χ4v) is 10.6. The Bertz CT molecular complexity index is 1230. The van der Waals surface area contributed by atoms with Gasteiger partial charge in [0, 0.05) is 12.8 Å². The minimum atomic E-state index is -0.851. The minimum Gasteiger partial charge on any atom is -0.466 e. The number of esters is 1. The molecule has 1 amide bonds. The number of aliphatic hydroxyl groups is 2. The zero-order chi connectivity index (χ0) is 55.0. The van der Waals surface area contributed by atoms with Crippen LogP contribution < -0.4 is 5.32 Å². The molecule has 0 aliphatic rings. The molecule has 2 atom stereocenters. The van der Waals surface area contributed by atoms with E-state index in [1.54, 1.807) is 6.08 Å². The third kappa shape index (κ3) is 61.3. The van der Waals surface area contributed by atoms with Gasteiger partial charge in [-0.2, -0.15) is 0 Å². The Morgan fingerprint density at radius 3 is 0.947 bits per heavy atom. The molecular weight excluding hydrogens is 935 g/mol. The van der Waals surface area contributed by atoms with Crippen molar-refractivity contribution in [3.05, 3.63) is 36.5 Å². The Balaban J connectivity index is 3.45. The predicted molar refractivity (Wildman–Crippen MR) is 333 cm³/mol. The number of hydrogen-bond donors (Lipinski definition) is 3. The summed E-state index contributed by atoms with van der Waals surface area (Å²) in [5.74, 6) is -0.0710. The van der Waals surface area contributed by atoms with Gasteiger partial charge < -0.3 is 20.3 Å². The average molecular weight is 1070 g/mol. The molecule has 0 spiro atoms. The van der Waals surface area contributed by atoms with Crippen molar-refractivity contribution in [2.75, 3.05) is 13.2 Å². The summed E-state index contributed by atoms with van der Waals surface area (Å²) < 4.78 is 5.47. The number of hydrogen-bond acceptors (Lipinski definition) is 5. The molecule has 0 saturated carbocycles. The lowest BCUT2D eigenvalue weighted by Gasteiger charge is -2.20. The van der Waals surface area contributed by atoms with E-state index in [-0.39, 0.29) is 18.5 Å². The first-order chi connectivity index (χ1) is 37.5. The maximum atomic E-state index is 12.5. The van der Waals surface area contributed by atoms with Gasteiger partial charge in [-0.15, -0.1) is 0 Å². The van der Waals surface area contributed by atoms with Gasteiger partial charge in [0.1, 0.15) is 0 Å². The van der Waals surface area contributed by atoms with Crippen molar-refractivity contribution in [2.24, 2.45) is 0 Å². The monoisotopic (exact) mass is 1070 g/mol. The number of rotatable bonds is 64. The number of aliphatic hydroxyl groups excluding tert-OH is 2. The van der Waals surface area contributed by atoms with Crippen molar-refractivity contribution in [1.29, 1.82) is 0 Å². The summed E-state index contributed by atoms with van der Waals surface area (Å²) in [5, 5.41) is 23.3. The van der Waals surface area contributed by atoms with E-state index in [0.717, 1.165) is 51.4 Å². The first-order valence-electron chi connectivity index (χ1n) is 34.3. The zero-order valence-electron chi connectivity index (χ0n) is 51.3. The summed E-state index contributed by atoms with van der Waals surface area (Å²) in [4.78, 5) is 24.6. The third-order valence-electron chi connectivity index (χ3n) is 15.9. The molecule has 0 rings (SSSR count). The number of allylic oxidation sites excluding steroid dienone is 5. The second kappa shape index (κ2) is 65.6. The van der Waals surface area contributed by atoms with Crippen molar-refractivity contribution < 1.29 is 24.5 Å². The van der Waals surface area contributed by atoms with Crippen LogP contribution in [0.1, 0.15) is 373 Å². The number of nitrogens with one attached hydrogen (secondary N) is 1. The zero-order valence-corrected chi connectivity index (χ0v) is 51.3. The van der Waals surface area contributed by atoms with E-state index in [1.165, 1.54) is 295 Å². The number of amides is 1. The SMILES string of the molecule is CCCCCC/C=C\CCCCCCCC(=O)OCCCCCCCCCCCCC/C=C\CCCCCCCCCC(=O)NC(CO)C(O)/C=C/CCCCCCCCCCCCCCCCCCCCCCCC. The Morgan fingerprint density at radius 2 is 0.618 bits per heavy atom. The first-order valence-corrected chi connectivity index (χ1v) is 34.3. The van der Waals surface area contributed by atoms with Crippen molar-refractivity contribution >= 4 is 11.9 Å². The van der Waals surface area contributed by atoms with Gasteiger partial charge in [-0.3, -0.25) is 9.59 Å². The average Bonchev–Trinajstić information content (AvgIpc) is 3.42. The molecule has 0 aliphatic heterocycles. The fourth-order valence-electron chi connectivity index (χ4n) is 10.6. The Hall–Kier alpha value is -1.92. The molecule has 0 radical (unpaired) electrons. The van der Waals surface area contributed by atoms with Crippen LogP contribution in [0.25, 0.3) is 0 Å². The summed E-state index contributed by atoms with van der Waals surface area (Å²) in [6.07, 6.45) is 83.5. The molecule has 0 aromatic heterocycles. The van der Waals surface area contributed by atoms with Gasteiger partial charge in [0.05, 0.1) is 25.4 Å². The molecule has 3 N–H and O–H groups in total. The van der Waals surface area contributed by atoms with Crippen LogP contribution in [0.5, 0.6) is 0 Å². The highest BCUT2D eigenvalue weighted by molar-refractivity contribution is 5.76. The maximum Gasteiger partial charge on any atom is 0.305 e. The molecule has 0 saturated heterocycles. The van der Waals surface area contributed by atoms with E-state index in [0.29, 0.717) is 19.4 Å². The normalized spacial score (nSPS) is 12.7. The summed E-state index contributed by atoms with van der Waals surface area (Å²) in [7, 11) is 0. The summed E-state index contributed by atoms with van der Waals surface area (Å²) in [5.41, 5.74) is 0. The highest BCUT2D eigenvalue weighted by Gasteiger charge is 2.18. The van der Waals surface area contributed by atoms with Gasteiger partial charge >= 0.3 is 5.97 Å². The van der Waals surface area contributed by atoms with Crippen LogP contribution in [-0.2, 0) is 14.3 Å². The van der Waals surface area contributed by atoms with Gasteiger partial charge in [-0.25, -0.2) is 0 Å². The highest BCUT2D eigenvalue weighted by atomic mass is 16.5. The fraction of sp³-hybridized carbons (Fsp3) is 0.886. The Labute approximate surface area is 474 Å². The molecule has 448 valence electrons. The molecule has 2 unspecified atom stereocenters. The number of carbonyl (C=O) groups is 2. The van der Waals surface area contributed by atoms with Gasteiger partial charge in [-0.1, -0.05) is 314 Å². The van der Waals surface area contributed by atoms with Crippen LogP contribution >= 0.6 is 0 Å². The smallest absolute Gasteiger partial charge is 0.305 e. The lowest BCUT2D eigenvalue weighted by Crippen LogP contribution is -2.45. The Kier molecular flexibility index (Phi) is 63.9. The van der Waals surface area contributed by atoms with Crippen LogP contribution in [0.2, 0.25) is 0 Å². The quantitative estimate of drug-likeness (QED) is 0.0320. The lowest BCUT2D eigenvalue weighted by molar-refractivity contribution is -0.143. The molecule has 6 heteroatoms. The van der Waals surface area contributed by atoms with Crippen LogP contribution in [0.4, 0.5) is 0 Å². The van der Waals surface area contributed by atoms with E-state index in [9.17, 15) is 19.8 Å². The molecule has 0 heterocycles. The largest absolute Gasteiger partial charge is 0.466 e. The second-order valence-corrected chi connectivity index (χ2v) is 23.5. The second-order valence-electron chi connectivity index (χ2n) is 23.5. The number of ether oxygens (including phenoxy) is 1. The van der Waals surface area contributed by atoms with Crippen LogP contribution in [-0.4, -0.2) is 47.4 Å². The third-order valence-corrected chi connectivity index (χ3v) is 15.9. The summed E-state index contributed by atoms with van der Waals surface area (Å²) in [6.45, 7) is 4.91. The molecule has 6 nitrogen and oxygen atoms in total. The van der Waals surface area contributed by atoms with Crippen LogP contribution in [0.15, 0.2) is 36.5 Å². The van der Waals surface area contributed by atoms with Crippen molar-refractivity contribution in [1.82, 2.24) is 5.32 Å². The van der Waals surface area contributed by atoms with E-state index in [2.05, 4.69) is 43.5 Å². The van der Waals surface area contributed by atoms with Crippen LogP contribution in [0, 0.1) is 0 Å². The van der Waals surface area contributed by atoms with E-state index in [4.69, 9.17) is 4.74 Å². The van der Waals surface area contributed by atoms with Crippen molar-refractivity contribution in [3.8, 4) is 0 Å². The van der Waals surface area contributed by atoms with Gasteiger partial charge in [0.25, 0.3) is 0 Å².